The molecule has 0 radical (unpaired) electrons. The first-order valence-corrected chi connectivity index (χ1v) is 8.64. The van der Waals surface area contributed by atoms with E-state index in [4.69, 9.17) is 4.74 Å². The molecule has 0 N–H and O–H groups in total. The van der Waals surface area contributed by atoms with E-state index < -0.39 is 0 Å². The summed E-state index contributed by atoms with van der Waals surface area (Å²) in [6.07, 6.45) is 5.27. The molecule has 0 bridgehead atoms. The van der Waals surface area contributed by atoms with Crippen molar-refractivity contribution >= 4 is 11.9 Å². The number of benzene rings is 1. The molecular formula is C19H22N4O2. The monoisotopic (exact) mass is 338 g/mol. The minimum absolute atomic E-state index is 0.258. The highest BCUT2D eigenvalue weighted by molar-refractivity contribution is 5.86. The zero-order valence-electron chi connectivity index (χ0n) is 14.4. The number of carbonyl (C=O) groups is 1. The first-order chi connectivity index (χ1) is 12.2. The lowest BCUT2D eigenvalue weighted by molar-refractivity contribution is -0.135. The number of rotatable bonds is 4. The first kappa shape index (κ1) is 15.9. The summed E-state index contributed by atoms with van der Waals surface area (Å²) in [5, 5.41) is 0. The first-order valence-electron chi connectivity index (χ1n) is 8.64. The van der Waals surface area contributed by atoms with Crippen LogP contribution in [0.2, 0.25) is 0 Å². The van der Waals surface area contributed by atoms with Gasteiger partial charge in [0, 0.05) is 38.6 Å². The van der Waals surface area contributed by atoms with E-state index in [1.54, 1.807) is 19.5 Å². The van der Waals surface area contributed by atoms with Gasteiger partial charge < -0.3 is 14.5 Å². The van der Waals surface area contributed by atoms with E-state index in [9.17, 15) is 4.79 Å². The number of ether oxygens (including phenoxy) is 1. The maximum Gasteiger partial charge on any atom is 0.231 e. The van der Waals surface area contributed by atoms with E-state index >= 15 is 0 Å². The average Bonchev–Trinajstić information content (AvgIpc) is 3.23. The summed E-state index contributed by atoms with van der Waals surface area (Å²) in [5.41, 5.74) is 0.823. The van der Waals surface area contributed by atoms with Gasteiger partial charge in [-0.1, -0.05) is 12.1 Å². The Morgan fingerprint density at radius 2 is 1.96 bits per heavy atom. The van der Waals surface area contributed by atoms with Gasteiger partial charge in [-0.3, -0.25) is 4.79 Å². The summed E-state index contributed by atoms with van der Waals surface area (Å²) < 4.78 is 5.28. The highest BCUT2D eigenvalue weighted by atomic mass is 16.5. The van der Waals surface area contributed by atoms with Crippen LogP contribution in [0.25, 0.3) is 0 Å². The largest absolute Gasteiger partial charge is 0.497 e. The predicted molar refractivity (Wildman–Crippen MR) is 94.3 cm³/mol. The second kappa shape index (κ2) is 6.35. The molecule has 6 heteroatoms. The maximum atomic E-state index is 13.1. The number of nitrogens with zero attached hydrogens (tertiary/aromatic N) is 4. The van der Waals surface area contributed by atoms with Gasteiger partial charge in [0.2, 0.25) is 11.9 Å². The summed E-state index contributed by atoms with van der Waals surface area (Å²) in [5.74, 6) is 1.80. The van der Waals surface area contributed by atoms with Crippen molar-refractivity contribution < 1.29 is 9.53 Å². The second-order valence-electron chi connectivity index (χ2n) is 6.83. The van der Waals surface area contributed by atoms with Crippen LogP contribution in [0.4, 0.5) is 5.95 Å². The Morgan fingerprint density at radius 3 is 2.76 bits per heavy atom. The topological polar surface area (TPSA) is 58.6 Å². The third-order valence-electron chi connectivity index (χ3n) is 5.30. The van der Waals surface area contributed by atoms with E-state index in [2.05, 4.69) is 14.9 Å². The van der Waals surface area contributed by atoms with E-state index in [-0.39, 0.29) is 11.3 Å². The molecular weight excluding hydrogens is 316 g/mol. The molecule has 0 unspecified atom stereocenters. The van der Waals surface area contributed by atoms with Crippen LogP contribution in [0.1, 0.15) is 18.4 Å². The lowest BCUT2D eigenvalue weighted by Crippen LogP contribution is -2.37. The van der Waals surface area contributed by atoms with Crippen molar-refractivity contribution in [2.75, 3.05) is 31.6 Å². The van der Waals surface area contributed by atoms with Gasteiger partial charge in [-0.2, -0.15) is 0 Å². The fourth-order valence-corrected chi connectivity index (χ4v) is 3.91. The van der Waals surface area contributed by atoms with Crippen LogP contribution in [-0.4, -0.2) is 47.5 Å². The quantitative estimate of drug-likeness (QED) is 0.855. The summed E-state index contributed by atoms with van der Waals surface area (Å²) in [6, 6.07) is 9.74. The highest BCUT2D eigenvalue weighted by Gasteiger charge is 2.51. The van der Waals surface area contributed by atoms with Gasteiger partial charge in [0.25, 0.3) is 0 Å². The molecule has 2 aliphatic rings. The molecule has 25 heavy (non-hydrogen) atoms. The number of anilines is 1. The average molecular weight is 338 g/mol. The predicted octanol–water partition coefficient (Wildman–Crippen LogP) is 2.11. The molecule has 2 fully saturated rings. The summed E-state index contributed by atoms with van der Waals surface area (Å²) in [4.78, 5) is 25.8. The molecule has 0 aliphatic carbocycles. The normalized spacial score (nSPS) is 22.8. The molecule has 1 atom stereocenters. The lowest BCUT2D eigenvalue weighted by atomic mass is 9.85. The van der Waals surface area contributed by atoms with Crippen molar-refractivity contribution in [1.82, 2.24) is 14.9 Å². The second-order valence-corrected chi connectivity index (χ2v) is 6.83. The molecule has 1 aromatic heterocycles. The van der Waals surface area contributed by atoms with Gasteiger partial charge in [-0.25, -0.2) is 9.97 Å². The van der Waals surface area contributed by atoms with Gasteiger partial charge in [0.15, 0.2) is 0 Å². The van der Waals surface area contributed by atoms with E-state index in [0.717, 1.165) is 43.2 Å². The number of carbonyl (C=O) groups excluding carboxylic acids is 1. The molecule has 3 heterocycles. The van der Waals surface area contributed by atoms with Crippen molar-refractivity contribution in [3.8, 4) is 5.75 Å². The van der Waals surface area contributed by atoms with Crippen LogP contribution in [0.5, 0.6) is 5.75 Å². The van der Waals surface area contributed by atoms with Crippen LogP contribution in [-0.2, 0) is 11.3 Å². The van der Waals surface area contributed by atoms with Crippen LogP contribution >= 0.6 is 0 Å². The molecule has 6 nitrogen and oxygen atoms in total. The summed E-state index contributed by atoms with van der Waals surface area (Å²) >= 11 is 0. The zero-order chi connectivity index (χ0) is 17.3. The Morgan fingerprint density at radius 1 is 1.16 bits per heavy atom. The maximum absolute atomic E-state index is 13.1. The molecule has 4 rings (SSSR count). The van der Waals surface area contributed by atoms with Crippen molar-refractivity contribution in [3.05, 3.63) is 48.3 Å². The van der Waals surface area contributed by atoms with Crippen molar-refractivity contribution in [2.45, 2.75) is 19.4 Å². The number of likely N-dealkylation sites (tertiary alicyclic amines) is 1. The number of amides is 1. The number of aromatic nitrogens is 2. The Bertz CT molecular complexity index is 767. The number of hydrogen-bond acceptors (Lipinski definition) is 5. The number of hydrogen-bond donors (Lipinski definition) is 0. The Kier molecular flexibility index (Phi) is 4.03. The molecule has 2 aliphatic heterocycles. The smallest absolute Gasteiger partial charge is 0.231 e. The Balaban J connectivity index is 1.46. The molecule has 2 aromatic rings. The van der Waals surface area contributed by atoms with Gasteiger partial charge >= 0.3 is 0 Å². The van der Waals surface area contributed by atoms with Crippen molar-refractivity contribution in [2.24, 2.45) is 5.41 Å². The minimum Gasteiger partial charge on any atom is -0.497 e. The highest BCUT2D eigenvalue weighted by Crippen LogP contribution is 2.42. The van der Waals surface area contributed by atoms with E-state index in [1.165, 1.54) is 0 Å². The fourth-order valence-electron chi connectivity index (χ4n) is 3.91. The van der Waals surface area contributed by atoms with Crippen LogP contribution in [0.3, 0.4) is 0 Å². The molecule has 1 aromatic carbocycles. The molecule has 1 spiro atoms. The molecule has 2 saturated heterocycles. The molecule has 130 valence electrons. The lowest BCUT2D eigenvalue weighted by Gasteiger charge is -2.23. The van der Waals surface area contributed by atoms with Crippen LogP contribution < -0.4 is 9.64 Å². The minimum atomic E-state index is -0.280. The third-order valence-corrected chi connectivity index (χ3v) is 5.30. The van der Waals surface area contributed by atoms with Gasteiger partial charge in [0.1, 0.15) is 5.75 Å². The van der Waals surface area contributed by atoms with Gasteiger partial charge in [0.05, 0.1) is 12.5 Å². The summed E-state index contributed by atoms with van der Waals surface area (Å²) in [7, 11) is 1.66. The third kappa shape index (κ3) is 2.92. The van der Waals surface area contributed by atoms with Gasteiger partial charge in [-0.05, 0) is 36.6 Å². The van der Waals surface area contributed by atoms with Crippen LogP contribution in [0.15, 0.2) is 42.7 Å². The van der Waals surface area contributed by atoms with Crippen molar-refractivity contribution in [1.29, 1.82) is 0 Å². The zero-order valence-corrected chi connectivity index (χ0v) is 14.4. The van der Waals surface area contributed by atoms with E-state index in [1.807, 2.05) is 35.2 Å². The standard InChI is InChI=1S/C19H22N4O2/c1-25-16-5-2-4-15(12-16)13-22-10-6-19(17(22)24)7-11-23(14-19)18-20-8-3-9-21-18/h2-5,8-9,12H,6-7,10-11,13-14H2,1H3/t19-/m0/s1. The van der Waals surface area contributed by atoms with Crippen LogP contribution in [0, 0.1) is 5.41 Å². The van der Waals surface area contributed by atoms with E-state index in [0.29, 0.717) is 13.1 Å². The van der Waals surface area contributed by atoms with Gasteiger partial charge in [-0.15, -0.1) is 0 Å². The fraction of sp³-hybridized carbons (Fsp3) is 0.421. The Hall–Kier alpha value is -2.63. The molecule has 1 amide bonds. The SMILES string of the molecule is COc1cccc(CN2CC[C@@]3(CCN(c4ncccn4)C3)C2=O)c1. The summed E-state index contributed by atoms with van der Waals surface area (Å²) in [6.45, 7) is 2.99. The Labute approximate surface area is 147 Å². The van der Waals surface area contributed by atoms with Crippen molar-refractivity contribution in [3.63, 3.8) is 0 Å². The molecule has 0 saturated carbocycles. The number of methoxy groups -OCH3 is 1.